The predicted molar refractivity (Wildman–Crippen MR) is 89.8 cm³/mol. The molecule has 4 N–H and O–H groups in total. The summed E-state index contributed by atoms with van der Waals surface area (Å²) in [7, 11) is 0. The highest BCUT2D eigenvalue weighted by Gasteiger charge is 2.17. The van der Waals surface area contributed by atoms with Crippen LogP contribution in [0.5, 0.6) is 0 Å². The molecule has 0 spiro atoms. The molecule has 0 saturated heterocycles. The summed E-state index contributed by atoms with van der Waals surface area (Å²) in [5.74, 6) is -0.187. The minimum absolute atomic E-state index is 0.105. The molecule has 0 aliphatic heterocycles. The quantitative estimate of drug-likeness (QED) is 0.760. The Morgan fingerprint density at radius 3 is 2.48 bits per heavy atom. The zero-order valence-electron chi connectivity index (χ0n) is 12.5. The van der Waals surface area contributed by atoms with Gasteiger partial charge in [-0.25, -0.2) is 4.79 Å². The fourth-order valence-corrected chi connectivity index (χ4v) is 2.43. The number of hydrogen-bond donors (Lipinski definition) is 3. The molecule has 6 heteroatoms. The van der Waals surface area contributed by atoms with Crippen molar-refractivity contribution in [1.29, 1.82) is 0 Å². The van der Waals surface area contributed by atoms with Crippen LogP contribution >= 0.6 is 11.6 Å². The van der Waals surface area contributed by atoms with Crippen LogP contribution in [-0.2, 0) is 11.3 Å². The molecule has 2 aromatic carbocycles. The van der Waals surface area contributed by atoms with E-state index in [-0.39, 0.29) is 12.3 Å². The van der Waals surface area contributed by atoms with E-state index >= 15 is 0 Å². The Balaban J connectivity index is 1.96. The summed E-state index contributed by atoms with van der Waals surface area (Å²) in [4.78, 5) is 23.3. The molecule has 3 amide bonds. The summed E-state index contributed by atoms with van der Waals surface area (Å²) in [6.45, 7) is 0.372. The number of nitrogens with two attached hydrogens (primary N) is 1. The van der Waals surface area contributed by atoms with E-state index in [1.165, 1.54) is 0 Å². The van der Waals surface area contributed by atoms with Crippen molar-refractivity contribution in [3.63, 3.8) is 0 Å². The first kappa shape index (κ1) is 16.8. The lowest BCUT2D eigenvalue weighted by Gasteiger charge is -2.17. The lowest BCUT2D eigenvalue weighted by atomic mass is 10.0. The van der Waals surface area contributed by atoms with Crippen LogP contribution < -0.4 is 16.4 Å². The van der Waals surface area contributed by atoms with Gasteiger partial charge in [-0.1, -0.05) is 54.1 Å². The van der Waals surface area contributed by atoms with Gasteiger partial charge in [-0.05, 0) is 23.3 Å². The number of benzene rings is 2. The fraction of sp³-hybridized carbons (Fsp3) is 0.176. The molecule has 0 aliphatic carbocycles. The minimum Gasteiger partial charge on any atom is -0.352 e. The lowest BCUT2D eigenvalue weighted by Crippen LogP contribution is -2.36. The standard InChI is InChI=1S/C17H18ClN3O2/c18-14-8-4-5-12(9-14)11-20-16(22)10-15(21-17(19)23)13-6-2-1-3-7-13/h1-9,15H,10-11H2,(H,20,22)(H3,19,21,23). The average molecular weight is 332 g/mol. The molecule has 1 unspecified atom stereocenters. The zero-order valence-corrected chi connectivity index (χ0v) is 13.2. The van der Waals surface area contributed by atoms with E-state index in [0.29, 0.717) is 11.6 Å². The summed E-state index contributed by atoms with van der Waals surface area (Å²) in [5.41, 5.74) is 6.92. The molecule has 1 atom stereocenters. The maximum atomic E-state index is 12.1. The molecule has 5 nitrogen and oxygen atoms in total. The number of carbonyl (C=O) groups excluding carboxylic acids is 2. The van der Waals surface area contributed by atoms with Gasteiger partial charge < -0.3 is 16.4 Å². The van der Waals surface area contributed by atoms with Gasteiger partial charge in [0.1, 0.15) is 0 Å². The largest absolute Gasteiger partial charge is 0.352 e. The Hall–Kier alpha value is -2.53. The molecule has 2 aromatic rings. The highest BCUT2D eigenvalue weighted by atomic mass is 35.5. The molecule has 23 heavy (non-hydrogen) atoms. The van der Waals surface area contributed by atoms with Gasteiger partial charge in [0, 0.05) is 11.6 Å². The van der Waals surface area contributed by atoms with Crippen LogP contribution in [0.2, 0.25) is 5.02 Å². The fourth-order valence-electron chi connectivity index (χ4n) is 2.21. The minimum atomic E-state index is -0.665. The van der Waals surface area contributed by atoms with Crippen molar-refractivity contribution < 1.29 is 9.59 Å². The zero-order chi connectivity index (χ0) is 16.7. The van der Waals surface area contributed by atoms with Crippen LogP contribution in [0.15, 0.2) is 54.6 Å². The predicted octanol–water partition coefficient (Wildman–Crippen LogP) is 2.76. The maximum Gasteiger partial charge on any atom is 0.312 e. The Morgan fingerprint density at radius 2 is 1.83 bits per heavy atom. The van der Waals surface area contributed by atoms with Crippen molar-refractivity contribution in [2.24, 2.45) is 5.73 Å². The second kappa shape index (κ2) is 8.19. The SMILES string of the molecule is NC(=O)NC(CC(=O)NCc1cccc(Cl)c1)c1ccccc1. The first-order valence-electron chi connectivity index (χ1n) is 7.16. The van der Waals surface area contributed by atoms with Crippen LogP contribution in [0.25, 0.3) is 0 Å². The number of urea groups is 1. The normalized spacial score (nSPS) is 11.5. The summed E-state index contributed by atoms with van der Waals surface area (Å²) in [6.07, 6.45) is 0.105. The average Bonchev–Trinajstić information content (AvgIpc) is 2.53. The lowest BCUT2D eigenvalue weighted by molar-refractivity contribution is -0.121. The van der Waals surface area contributed by atoms with Gasteiger partial charge in [-0.15, -0.1) is 0 Å². The van der Waals surface area contributed by atoms with Gasteiger partial charge in [0.2, 0.25) is 5.91 Å². The van der Waals surface area contributed by atoms with E-state index in [1.54, 1.807) is 12.1 Å². The number of nitrogens with one attached hydrogen (secondary N) is 2. The van der Waals surface area contributed by atoms with Gasteiger partial charge in [-0.3, -0.25) is 4.79 Å². The topological polar surface area (TPSA) is 84.2 Å². The Morgan fingerprint density at radius 1 is 1.09 bits per heavy atom. The highest BCUT2D eigenvalue weighted by Crippen LogP contribution is 2.16. The van der Waals surface area contributed by atoms with Gasteiger partial charge >= 0.3 is 6.03 Å². The van der Waals surface area contributed by atoms with Crippen molar-refractivity contribution in [3.05, 3.63) is 70.7 Å². The first-order chi connectivity index (χ1) is 11.0. The third kappa shape index (κ3) is 5.64. The third-order valence-corrected chi connectivity index (χ3v) is 3.52. The van der Waals surface area contributed by atoms with Gasteiger partial charge in [0.25, 0.3) is 0 Å². The van der Waals surface area contributed by atoms with Crippen LogP contribution in [0.4, 0.5) is 4.79 Å². The smallest absolute Gasteiger partial charge is 0.312 e. The van der Waals surface area contributed by atoms with E-state index in [1.807, 2.05) is 42.5 Å². The van der Waals surface area contributed by atoms with Crippen LogP contribution in [0, 0.1) is 0 Å². The number of carbonyl (C=O) groups is 2. The van der Waals surface area contributed by atoms with E-state index in [9.17, 15) is 9.59 Å². The van der Waals surface area contributed by atoms with E-state index in [4.69, 9.17) is 17.3 Å². The van der Waals surface area contributed by atoms with Crippen LogP contribution in [-0.4, -0.2) is 11.9 Å². The molecule has 120 valence electrons. The van der Waals surface area contributed by atoms with Crippen molar-refractivity contribution >= 4 is 23.5 Å². The number of hydrogen-bond acceptors (Lipinski definition) is 2. The molecular weight excluding hydrogens is 314 g/mol. The molecule has 0 bridgehead atoms. The van der Waals surface area contributed by atoms with Gasteiger partial charge in [0.15, 0.2) is 0 Å². The maximum absolute atomic E-state index is 12.1. The molecule has 0 fully saturated rings. The van der Waals surface area contributed by atoms with Crippen LogP contribution in [0.1, 0.15) is 23.6 Å². The van der Waals surface area contributed by atoms with Gasteiger partial charge in [0.05, 0.1) is 12.5 Å². The van der Waals surface area contributed by atoms with E-state index < -0.39 is 12.1 Å². The third-order valence-electron chi connectivity index (χ3n) is 3.29. The van der Waals surface area contributed by atoms with Crippen molar-refractivity contribution in [2.45, 2.75) is 19.0 Å². The Bertz CT molecular complexity index is 677. The highest BCUT2D eigenvalue weighted by molar-refractivity contribution is 6.30. The summed E-state index contributed by atoms with van der Waals surface area (Å²) in [5, 5.41) is 6.02. The molecule has 2 rings (SSSR count). The molecule has 0 heterocycles. The summed E-state index contributed by atoms with van der Waals surface area (Å²) >= 11 is 5.91. The second-order valence-electron chi connectivity index (χ2n) is 5.08. The van der Waals surface area contributed by atoms with E-state index in [2.05, 4.69) is 10.6 Å². The summed E-state index contributed by atoms with van der Waals surface area (Å²) in [6, 6.07) is 15.4. The Labute approximate surface area is 139 Å². The monoisotopic (exact) mass is 331 g/mol. The number of rotatable bonds is 6. The van der Waals surface area contributed by atoms with Gasteiger partial charge in [-0.2, -0.15) is 0 Å². The molecular formula is C17H18ClN3O2. The number of amides is 3. The molecule has 0 radical (unpaired) electrons. The first-order valence-corrected chi connectivity index (χ1v) is 7.54. The molecule has 0 aliphatic rings. The number of primary amides is 1. The number of halogens is 1. The van der Waals surface area contributed by atoms with Crippen molar-refractivity contribution in [3.8, 4) is 0 Å². The summed E-state index contributed by atoms with van der Waals surface area (Å²) < 4.78 is 0. The van der Waals surface area contributed by atoms with E-state index in [0.717, 1.165) is 11.1 Å². The molecule has 0 aromatic heterocycles. The molecule has 0 saturated carbocycles. The van der Waals surface area contributed by atoms with Crippen LogP contribution in [0.3, 0.4) is 0 Å². The van der Waals surface area contributed by atoms with Crippen molar-refractivity contribution in [1.82, 2.24) is 10.6 Å². The second-order valence-corrected chi connectivity index (χ2v) is 5.52. The van der Waals surface area contributed by atoms with Crippen molar-refractivity contribution in [2.75, 3.05) is 0 Å². The Kier molecular flexibility index (Phi) is 6.00.